The molecule has 2 heterocycles. The summed E-state index contributed by atoms with van der Waals surface area (Å²) >= 11 is 0. The van der Waals surface area contributed by atoms with Gasteiger partial charge in [0.2, 0.25) is 0 Å². The maximum absolute atomic E-state index is 7.33. The average molecular weight is 951 g/mol. The van der Waals surface area contributed by atoms with E-state index in [1.165, 1.54) is 64.6 Å². The summed E-state index contributed by atoms with van der Waals surface area (Å²) in [5.74, 6) is 0.503. The third-order valence-electron chi connectivity index (χ3n) is 16.0. The zero-order valence-corrected chi connectivity index (χ0v) is 40.8. The number of furan rings is 2. The van der Waals surface area contributed by atoms with Crippen molar-refractivity contribution in [1.29, 1.82) is 0 Å². The van der Waals surface area contributed by atoms with Crippen molar-refractivity contribution >= 4 is 110 Å². The van der Waals surface area contributed by atoms with Crippen LogP contribution in [0.2, 0.25) is 0 Å². The predicted molar refractivity (Wildman–Crippen MR) is 311 cm³/mol. The Morgan fingerprint density at radius 3 is 1.34 bits per heavy atom. The maximum Gasteiger partial charge on any atom is 0.159 e. The van der Waals surface area contributed by atoms with Gasteiger partial charge in [0.15, 0.2) is 11.2 Å². The van der Waals surface area contributed by atoms with Gasteiger partial charge in [-0.15, -0.1) is 0 Å². The molecule has 0 spiro atoms. The second-order valence-corrected chi connectivity index (χ2v) is 20.1. The van der Waals surface area contributed by atoms with Crippen molar-refractivity contribution in [3.05, 3.63) is 242 Å². The predicted octanol–water partition coefficient (Wildman–Crippen LogP) is 20.7. The van der Waals surface area contributed by atoms with Crippen molar-refractivity contribution in [1.82, 2.24) is 0 Å². The van der Waals surface area contributed by atoms with Crippen molar-refractivity contribution in [2.45, 2.75) is 38.0 Å². The summed E-state index contributed by atoms with van der Waals surface area (Å²) in [6, 6.07) is 86.2. The van der Waals surface area contributed by atoms with Gasteiger partial charge in [0.25, 0.3) is 0 Å². The molecule has 0 bridgehead atoms. The molecule has 1 aliphatic carbocycles. The largest absolute Gasteiger partial charge is 0.454 e. The van der Waals surface area contributed by atoms with E-state index in [1.54, 1.807) is 0 Å². The van der Waals surface area contributed by atoms with Crippen LogP contribution in [0.4, 0.5) is 34.1 Å². The number of anilines is 6. The number of para-hydroxylation sites is 6. The van der Waals surface area contributed by atoms with Crippen molar-refractivity contribution < 1.29 is 8.83 Å². The van der Waals surface area contributed by atoms with Gasteiger partial charge in [0, 0.05) is 43.4 Å². The normalized spacial score (nSPS) is 13.4. The average Bonchev–Trinajstić information content (AvgIpc) is 4.06. The molecule has 4 nitrogen and oxygen atoms in total. The summed E-state index contributed by atoms with van der Waals surface area (Å²) in [6.45, 7) is 0. The van der Waals surface area contributed by atoms with Gasteiger partial charge >= 0.3 is 0 Å². The summed E-state index contributed by atoms with van der Waals surface area (Å²) in [5, 5.41) is 11.6. The van der Waals surface area contributed by atoms with Gasteiger partial charge in [-0.2, -0.15) is 0 Å². The van der Waals surface area contributed by atoms with Gasteiger partial charge in [-0.3, -0.25) is 0 Å². The van der Waals surface area contributed by atoms with Crippen molar-refractivity contribution in [3.63, 3.8) is 0 Å². The SMILES string of the molecule is c1ccc(-c2ccccc2N(c2ccc3ccc4c(N(c5ccccc5-c5ccccc5)c5cccc6c5oc5c(C7CCCCC7)cccc56)ccc5ccc2c3c54)c2cccc3c2oc2ccccc23)cc1. The number of nitrogens with zero attached hydrogens (tertiary/aromatic N) is 2. The molecule has 2 aromatic heterocycles. The molecule has 0 amide bonds. The van der Waals surface area contributed by atoms with Gasteiger partial charge in [0.05, 0.1) is 34.1 Å². The first-order valence-corrected chi connectivity index (χ1v) is 26.2. The van der Waals surface area contributed by atoms with E-state index in [0.717, 1.165) is 106 Å². The van der Waals surface area contributed by atoms with E-state index in [-0.39, 0.29) is 0 Å². The van der Waals surface area contributed by atoms with E-state index >= 15 is 0 Å². The Labute approximate surface area is 429 Å². The molecule has 15 rings (SSSR count). The molecule has 74 heavy (non-hydrogen) atoms. The maximum atomic E-state index is 7.33. The van der Waals surface area contributed by atoms with Crippen molar-refractivity contribution in [2.75, 3.05) is 9.80 Å². The van der Waals surface area contributed by atoms with E-state index in [2.05, 4.69) is 246 Å². The molecule has 0 unspecified atom stereocenters. The Hall–Kier alpha value is -9.12. The van der Waals surface area contributed by atoms with E-state index in [9.17, 15) is 0 Å². The molecule has 0 radical (unpaired) electrons. The first kappa shape index (κ1) is 42.6. The monoisotopic (exact) mass is 950 g/mol. The molecule has 1 fully saturated rings. The van der Waals surface area contributed by atoms with Crippen LogP contribution in [-0.2, 0) is 0 Å². The van der Waals surface area contributed by atoms with E-state index in [1.807, 2.05) is 0 Å². The second kappa shape index (κ2) is 17.3. The van der Waals surface area contributed by atoms with E-state index < -0.39 is 0 Å². The molecule has 0 atom stereocenters. The minimum Gasteiger partial charge on any atom is -0.454 e. The zero-order chi connectivity index (χ0) is 48.7. The van der Waals surface area contributed by atoms with Crippen LogP contribution in [0.15, 0.2) is 245 Å². The van der Waals surface area contributed by atoms with Gasteiger partial charge < -0.3 is 18.6 Å². The molecule has 0 N–H and O–H groups in total. The number of hydrogen-bond acceptors (Lipinski definition) is 4. The molecule has 0 aliphatic heterocycles. The Morgan fingerprint density at radius 1 is 0.297 bits per heavy atom. The Balaban J connectivity index is 1.00. The fourth-order valence-electron chi connectivity index (χ4n) is 12.6. The summed E-state index contributed by atoms with van der Waals surface area (Å²) in [6.07, 6.45) is 6.26. The van der Waals surface area contributed by atoms with E-state index in [4.69, 9.17) is 8.83 Å². The molecule has 14 aromatic rings. The van der Waals surface area contributed by atoms with Crippen LogP contribution in [0.5, 0.6) is 0 Å². The molecule has 1 saturated carbocycles. The topological polar surface area (TPSA) is 32.8 Å². The number of rotatable bonds is 9. The van der Waals surface area contributed by atoms with Crippen LogP contribution in [-0.4, -0.2) is 0 Å². The standard InChI is InChI=1S/C70H50N2O2/c1-4-19-45(20-5-1)50-25-10-13-32-59(50)71(63-34-17-30-54-53-27-12-15-36-65(53)73-69(54)63)61-43-39-48-38-42-58-62(44-40-49-37-41-57(61)66(48)67(49)58)72(60-33-14-11-26-51(60)46-21-6-2-7-22-46)64-35-18-31-56-55-29-16-28-52(68(55)74-70(56)64)47-23-8-3-9-24-47/h1-2,4-7,10-22,25-44,47H,3,8-9,23-24H2. The van der Waals surface area contributed by atoms with Crippen LogP contribution in [0.3, 0.4) is 0 Å². The van der Waals surface area contributed by atoms with Crippen LogP contribution in [0.1, 0.15) is 43.6 Å². The Bertz CT molecular complexity index is 4430. The lowest BCUT2D eigenvalue weighted by atomic mass is 9.83. The molecular formula is C70H50N2O2. The molecule has 1 aliphatic rings. The summed E-state index contributed by atoms with van der Waals surface area (Å²) in [5.41, 5.74) is 15.9. The highest BCUT2D eigenvalue weighted by Crippen LogP contribution is 2.53. The lowest BCUT2D eigenvalue weighted by Gasteiger charge is -2.31. The van der Waals surface area contributed by atoms with Crippen molar-refractivity contribution in [3.8, 4) is 22.3 Å². The first-order valence-electron chi connectivity index (χ1n) is 26.2. The molecular weight excluding hydrogens is 901 g/mol. The lowest BCUT2D eigenvalue weighted by molar-refractivity contribution is 0.442. The fourth-order valence-corrected chi connectivity index (χ4v) is 12.6. The Kier molecular flexibility index (Phi) is 9.94. The smallest absolute Gasteiger partial charge is 0.159 e. The lowest BCUT2D eigenvalue weighted by Crippen LogP contribution is -2.13. The zero-order valence-electron chi connectivity index (χ0n) is 40.8. The fraction of sp³-hybridized carbons (Fsp3) is 0.0857. The third-order valence-corrected chi connectivity index (χ3v) is 16.0. The molecule has 0 saturated heterocycles. The molecule has 12 aromatic carbocycles. The highest BCUT2D eigenvalue weighted by Gasteiger charge is 2.29. The van der Waals surface area contributed by atoms with Gasteiger partial charge in [-0.25, -0.2) is 0 Å². The third kappa shape index (κ3) is 6.68. The Morgan fingerprint density at radius 2 is 0.743 bits per heavy atom. The van der Waals surface area contributed by atoms with Gasteiger partial charge in [-0.05, 0) is 99.5 Å². The van der Waals surface area contributed by atoms with E-state index in [0.29, 0.717) is 5.92 Å². The van der Waals surface area contributed by atoms with Crippen LogP contribution in [0.25, 0.3) is 98.4 Å². The van der Waals surface area contributed by atoms with Crippen LogP contribution in [0, 0.1) is 0 Å². The summed E-state index contributed by atoms with van der Waals surface area (Å²) in [4.78, 5) is 4.91. The first-order chi connectivity index (χ1) is 36.7. The van der Waals surface area contributed by atoms with Gasteiger partial charge in [0.1, 0.15) is 11.2 Å². The van der Waals surface area contributed by atoms with Crippen molar-refractivity contribution in [2.24, 2.45) is 0 Å². The van der Waals surface area contributed by atoms with Crippen LogP contribution >= 0.6 is 0 Å². The minimum atomic E-state index is 0.503. The second-order valence-electron chi connectivity index (χ2n) is 20.1. The number of benzene rings is 12. The number of hydrogen-bond donors (Lipinski definition) is 0. The number of fused-ring (bicyclic) bond motifs is 6. The van der Waals surface area contributed by atoms with Crippen LogP contribution < -0.4 is 9.80 Å². The quantitative estimate of drug-likeness (QED) is 0.135. The highest BCUT2D eigenvalue weighted by molar-refractivity contribution is 6.29. The summed E-state index contributed by atoms with van der Waals surface area (Å²) in [7, 11) is 0. The molecule has 4 heteroatoms. The van der Waals surface area contributed by atoms with Gasteiger partial charge in [-0.1, -0.05) is 213 Å². The molecule has 352 valence electrons. The minimum absolute atomic E-state index is 0.503. The highest BCUT2D eigenvalue weighted by atomic mass is 16.3. The summed E-state index contributed by atoms with van der Waals surface area (Å²) < 4.78 is 14.2.